The van der Waals surface area contributed by atoms with Crippen molar-refractivity contribution in [3.8, 4) is 5.75 Å². The summed E-state index contributed by atoms with van der Waals surface area (Å²) in [5.74, 6) is 0.393. The minimum atomic E-state index is -0.274. The Kier molecular flexibility index (Phi) is 10.1. The molecule has 0 saturated heterocycles. The Morgan fingerprint density at radius 3 is 1.89 bits per heavy atom. The zero-order valence-corrected chi connectivity index (χ0v) is 14.0. The van der Waals surface area contributed by atoms with Crippen molar-refractivity contribution in [2.45, 2.75) is 67.7 Å². The van der Waals surface area contributed by atoms with Gasteiger partial charge in [0.15, 0.2) is 0 Å². The number of carbonyl (C=O) groups excluding carboxylic acids is 1. The monoisotopic (exact) mass is 266 g/mol. The summed E-state index contributed by atoms with van der Waals surface area (Å²) in [6.07, 6.45) is 0. The van der Waals surface area contributed by atoms with E-state index in [2.05, 4.69) is 26.8 Å². The molecule has 1 aromatic rings. The summed E-state index contributed by atoms with van der Waals surface area (Å²) in [6.45, 7) is 17.8. The first-order valence-electron chi connectivity index (χ1n) is 7.10. The van der Waals surface area contributed by atoms with Gasteiger partial charge in [-0.25, -0.2) is 0 Å². The number of esters is 1. The van der Waals surface area contributed by atoms with E-state index >= 15 is 0 Å². The minimum absolute atomic E-state index is 0.0171. The van der Waals surface area contributed by atoms with Crippen molar-refractivity contribution in [1.29, 1.82) is 0 Å². The molecule has 0 heterocycles. The van der Waals surface area contributed by atoms with Gasteiger partial charge in [0.05, 0.1) is 0 Å². The molecule has 0 atom stereocenters. The predicted octanol–water partition coefficient (Wildman–Crippen LogP) is 5.27. The Hall–Kier alpha value is -1.31. The molecule has 2 heteroatoms. The van der Waals surface area contributed by atoms with Crippen LogP contribution in [0.4, 0.5) is 0 Å². The molecule has 0 saturated carbocycles. The lowest BCUT2D eigenvalue weighted by Gasteiger charge is -2.22. The average molecular weight is 266 g/mol. The maximum absolute atomic E-state index is 11.0. The van der Waals surface area contributed by atoms with Gasteiger partial charge in [-0.3, -0.25) is 4.79 Å². The maximum atomic E-state index is 11.0. The van der Waals surface area contributed by atoms with Crippen molar-refractivity contribution >= 4 is 5.97 Å². The van der Waals surface area contributed by atoms with Gasteiger partial charge in [-0.2, -0.15) is 0 Å². The third-order valence-electron chi connectivity index (χ3n) is 2.20. The lowest BCUT2D eigenvalue weighted by Crippen LogP contribution is -2.15. The van der Waals surface area contributed by atoms with Gasteiger partial charge in [-0.15, -0.1) is 0 Å². The summed E-state index contributed by atoms with van der Waals surface area (Å²) in [7, 11) is 0. The van der Waals surface area contributed by atoms with Crippen LogP contribution in [0.2, 0.25) is 0 Å². The molecule has 0 aromatic heterocycles. The van der Waals surface area contributed by atoms with Crippen LogP contribution in [0.15, 0.2) is 18.2 Å². The van der Waals surface area contributed by atoms with Gasteiger partial charge < -0.3 is 4.74 Å². The lowest BCUT2D eigenvalue weighted by atomic mass is 9.85. The van der Waals surface area contributed by atoms with E-state index in [1.807, 2.05) is 46.8 Å². The average Bonchev–Trinajstić information content (AvgIpc) is 2.35. The number of carbonyl (C=O) groups is 1. The minimum Gasteiger partial charge on any atom is -0.426 e. The summed E-state index contributed by atoms with van der Waals surface area (Å²) in [4.78, 5) is 11.0. The topological polar surface area (TPSA) is 26.3 Å². The molecule has 19 heavy (non-hydrogen) atoms. The summed E-state index contributed by atoms with van der Waals surface area (Å²) in [6, 6.07) is 5.88. The molecule has 0 aliphatic rings. The molecule has 0 unspecified atom stereocenters. The quantitative estimate of drug-likeness (QED) is 0.511. The standard InChI is InChI=1S/C13H18O2.2C2H6/c1-9-6-7-12(15-10(2)14)11(8-9)13(3,4)5;2*1-2/h6-8H,1-5H3;2*1-2H3. The van der Waals surface area contributed by atoms with Crippen molar-refractivity contribution in [3.63, 3.8) is 0 Å². The highest BCUT2D eigenvalue weighted by atomic mass is 16.5. The zero-order valence-electron chi connectivity index (χ0n) is 14.0. The number of rotatable bonds is 1. The van der Waals surface area contributed by atoms with Crippen molar-refractivity contribution in [2.75, 3.05) is 0 Å². The van der Waals surface area contributed by atoms with Crippen molar-refractivity contribution < 1.29 is 9.53 Å². The van der Waals surface area contributed by atoms with Crippen LogP contribution >= 0.6 is 0 Å². The number of aryl methyl sites for hydroxylation is 1. The van der Waals surface area contributed by atoms with Crippen LogP contribution < -0.4 is 4.74 Å². The molecular weight excluding hydrogens is 236 g/mol. The second kappa shape index (κ2) is 9.60. The van der Waals surface area contributed by atoms with Gasteiger partial charge in [0.25, 0.3) is 0 Å². The maximum Gasteiger partial charge on any atom is 0.308 e. The summed E-state index contributed by atoms with van der Waals surface area (Å²) < 4.78 is 5.19. The van der Waals surface area contributed by atoms with E-state index in [1.54, 1.807) is 0 Å². The molecule has 2 nitrogen and oxygen atoms in total. The molecule has 0 N–H and O–H groups in total. The van der Waals surface area contributed by atoms with E-state index in [-0.39, 0.29) is 11.4 Å². The van der Waals surface area contributed by atoms with Crippen LogP contribution in [0.1, 0.15) is 66.5 Å². The fourth-order valence-electron chi connectivity index (χ4n) is 1.47. The van der Waals surface area contributed by atoms with Crippen LogP contribution in [0.3, 0.4) is 0 Å². The van der Waals surface area contributed by atoms with E-state index in [0.29, 0.717) is 5.75 Å². The fourth-order valence-corrected chi connectivity index (χ4v) is 1.47. The molecule has 0 aliphatic carbocycles. The molecule has 1 rings (SSSR count). The number of benzene rings is 1. The molecule has 0 amide bonds. The molecular formula is C17H30O2. The van der Waals surface area contributed by atoms with Crippen LogP contribution in [-0.4, -0.2) is 5.97 Å². The van der Waals surface area contributed by atoms with E-state index in [0.717, 1.165) is 5.56 Å². The highest BCUT2D eigenvalue weighted by molar-refractivity contribution is 5.70. The van der Waals surface area contributed by atoms with E-state index in [1.165, 1.54) is 12.5 Å². The Labute approximate surface area is 119 Å². The number of hydrogen-bond donors (Lipinski definition) is 0. The highest BCUT2D eigenvalue weighted by Crippen LogP contribution is 2.32. The normalized spacial score (nSPS) is 9.53. The second-order valence-corrected chi connectivity index (χ2v) is 4.84. The van der Waals surface area contributed by atoms with Crippen LogP contribution in [-0.2, 0) is 10.2 Å². The van der Waals surface area contributed by atoms with Gasteiger partial charge in [0, 0.05) is 12.5 Å². The summed E-state index contributed by atoms with van der Waals surface area (Å²) in [5, 5.41) is 0. The van der Waals surface area contributed by atoms with Crippen molar-refractivity contribution in [2.24, 2.45) is 0 Å². The highest BCUT2D eigenvalue weighted by Gasteiger charge is 2.19. The zero-order chi connectivity index (χ0) is 15.6. The van der Waals surface area contributed by atoms with Gasteiger partial charge in [-0.05, 0) is 18.4 Å². The first kappa shape index (κ1) is 20.0. The molecule has 0 spiro atoms. The van der Waals surface area contributed by atoms with Crippen LogP contribution in [0, 0.1) is 6.92 Å². The van der Waals surface area contributed by atoms with Gasteiger partial charge in [0.1, 0.15) is 5.75 Å². The molecule has 0 fully saturated rings. The summed E-state index contributed by atoms with van der Waals surface area (Å²) in [5.41, 5.74) is 2.23. The molecule has 110 valence electrons. The third kappa shape index (κ3) is 7.66. The van der Waals surface area contributed by atoms with Gasteiger partial charge >= 0.3 is 5.97 Å². The summed E-state index contributed by atoms with van der Waals surface area (Å²) >= 11 is 0. The van der Waals surface area contributed by atoms with Gasteiger partial charge in [-0.1, -0.05) is 66.2 Å². The molecule has 0 aliphatic heterocycles. The Morgan fingerprint density at radius 1 is 1.05 bits per heavy atom. The van der Waals surface area contributed by atoms with Crippen LogP contribution in [0.25, 0.3) is 0 Å². The largest absolute Gasteiger partial charge is 0.426 e. The Balaban J connectivity index is 0. The third-order valence-corrected chi connectivity index (χ3v) is 2.20. The second-order valence-electron chi connectivity index (χ2n) is 4.84. The molecule has 1 aromatic carbocycles. The van der Waals surface area contributed by atoms with Crippen molar-refractivity contribution in [1.82, 2.24) is 0 Å². The first-order valence-corrected chi connectivity index (χ1v) is 7.10. The fraction of sp³-hybridized carbons (Fsp3) is 0.588. The lowest BCUT2D eigenvalue weighted by molar-refractivity contribution is -0.131. The molecule has 0 bridgehead atoms. The number of hydrogen-bond acceptors (Lipinski definition) is 2. The Bertz CT molecular complexity index is 373. The number of ether oxygens (including phenoxy) is 1. The van der Waals surface area contributed by atoms with E-state index in [9.17, 15) is 4.79 Å². The van der Waals surface area contributed by atoms with Crippen LogP contribution in [0.5, 0.6) is 5.75 Å². The van der Waals surface area contributed by atoms with Crippen molar-refractivity contribution in [3.05, 3.63) is 29.3 Å². The van der Waals surface area contributed by atoms with E-state index in [4.69, 9.17) is 4.74 Å². The molecule has 0 radical (unpaired) electrons. The first-order chi connectivity index (χ1) is 8.80. The SMILES string of the molecule is CC.CC.CC(=O)Oc1ccc(C)cc1C(C)(C)C. The Morgan fingerprint density at radius 2 is 1.53 bits per heavy atom. The van der Waals surface area contributed by atoms with Gasteiger partial charge in [0.2, 0.25) is 0 Å². The van der Waals surface area contributed by atoms with E-state index < -0.39 is 0 Å². The smallest absolute Gasteiger partial charge is 0.308 e. The predicted molar refractivity (Wildman–Crippen MR) is 83.9 cm³/mol.